The number of hydrogen-bond acceptors (Lipinski definition) is 6. The second-order valence-electron chi connectivity index (χ2n) is 9.95. The highest BCUT2D eigenvalue weighted by molar-refractivity contribution is 6.08. The number of nitrogens with one attached hydrogen (secondary N) is 1. The Bertz CT molecular complexity index is 1150. The maximum Gasteiger partial charge on any atom is 0.329 e. The normalized spacial score (nSPS) is 20.5. The van der Waals surface area contributed by atoms with Crippen molar-refractivity contribution in [3.8, 4) is 5.69 Å². The molecule has 0 radical (unpaired) electrons. The molecule has 4 rings (SSSR count). The van der Waals surface area contributed by atoms with E-state index in [4.69, 9.17) is 4.74 Å². The van der Waals surface area contributed by atoms with Gasteiger partial charge in [0.1, 0.15) is 11.9 Å². The molecule has 0 saturated carbocycles. The average Bonchev–Trinajstić information content (AvgIpc) is 3.37. The molecule has 9 nitrogen and oxygen atoms in total. The van der Waals surface area contributed by atoms with Gasteiger partial charge in [0.05, 0.1) is 23.2 Å². The van der Waals surface area contributed by atoms with Crippen molar-refractivity contribution >= 4 is 29.5 Å². The highest BCUT2D eigenvalue weighted by atomic mass is 16.5. The number of ether oxygens (including phenoxy) is 1. The van der Waals surface area contributed by atoms with E-state index in [9.17, 15) is 19.2 Å². The fraction of sp³-hybridized carbons (Fsp3) is 0.423. The van der Waals surface area contributed by atoms with Crippen LogP contribution < -0.4 is 5.32 Å². The van der Waals surface area contributed by atoms with Gasteiger partial charge in [-0.15, -0.1) is 0 Å². The maximum absolute atomic E-state index is 12.7. The van der Waals surface area contributed by atoms with Crippen molar-refractivity contribution in [1.82, 2.24) is 14.7 Å². The van der Waals surface area contributed by atoms with Crippen LogP contribution in [0, 0.1) is 11.8 Å². The van der Waals surface area contributed by atoms with Crippen LogP contribution in [0.1, 0.15) is 46.2 Å². The van der Waals surface area contributed by atoms with Crippen LogP contribution in [0.15, 0.2) is 48.6 Å². The predicted octanol–water partition coefficient (Wildman–Crippen LogP) is 2.99. The minimum absolute atomic E-state index is 0.247. The number of amides is 3. The van der Waals surface area contributed by atoms with Gasteiger partial charge in [0, 0.05) is 11.5 Å². The number of rotatable bonds is 6. The van der Waals surface area contributed by atoms with E-state index in [-0.39, 0.29) is 17.2 Å². The molecule has 1 aliphatic carbocycles. The van der Waals surface area contributed by atoms with Gasteiger partial charge in [-0.1, -0.05) is 51.1 Å². The summed E-state index contributed by atoms with van der Waals surface area (Å²) >= 11 is 0. The van der Waals surface area contributed by atoms with E-state index < -0.39 is 36.4 Å². The van der Waals surface area contributed by atoms with E-state index in [1.165, 1.54) is 6.92 Å². The molecule has 2 aliphatic rings. The molecular weight excluding hydrogens is 448 g/mol. The van der Waals surface area contributed by atoms with Crippen molar-refractivity contribution in [2.45, 2.75) is 52.0 Å². The summed E-state index contributed by atoms with van der Waals surface area (Å²) in [4.78, 5) is 51.7. The molecule has 1 fully saturated rings. The van der Waals surface area contributed by atoms with Gasteiger partial charge in [0.2, 0.25) is 11.8 Å². The van der Waals surface area contributed by atoms with Crippen LogP contribution in [-0.4, -0.2) is 51.0 Å². The second kappa shape index (κ2) is 9.48. The van der Waals surface area contributed by atoms with E-state index in [2.05, 4.69) is 10.4 Å². The van der Waals surface area contributed by atoms with Crippen molar-refractivity contribution in [3.63, 3.8) is 0 Å². The SMILES string of the molecule is C[C@@H](C(=O)OCC(=O)Nc1cc(C(C)(C)C)nn1-c1ccccc1)N1C(=O)C2CC=CCC2C1=O. The lowest BCUT2D eigenvalue weighted by Crippen LogP contribution is -2.45. The third kappa shape index (κ3) is 4.89. The number of aromatic nitrogens is 2. The first kappa shape index (κ1) is 24.4. The molecule has 1 aromatic carbocycles. The van der Waals surface area contributed by atoms with E-state index in [1.54, 1.807) is 10.7 Å². The predicted molar refractivity (Wildman–Crippen MR) is 129 cm³/mol. The molecule has 1 saturated heterocycles. The Labute approximate surface area is 204 Å². The lowest BCUT2D eigenvalue weighted by molar-refractivity contribution is -0.159. The van der Waals surface area contributed by atoms with Gasteiger partial charge in [-0.05, 0) is 31.9 Å². The van der Waals surface area contributed by atoms with Crippen molar-refractivity contribution in [1.29, 1.82) is 0 Å². The molecule has 35 heavy (non-hydrogen) atoms. The van der Waals surface area contributed by atoms with Gasteiger partial charge in [0.25, 0.3) is 5.91 Å². The van der Waals surface area contributed by atoms with Gasteiger partial charge < -0.3 is 10.1 Å². The Morgan fingerprint density at radius 1 is 1.09 bits per heavy atom. The summed E-state index contributed by atoms with van der Waals surface area (Å²) in [7, 11) is 0. The zero-order valence-corrected chi connectivity index (χ0v) is 20.4. The molecule has 2 heterocycles. The maximum atomic E-state index is 12.7. The molecule has 0 bridgehead atoms. The summed E-state index contributed by atoms with van der Waals surface area (Å²) in [6.07, 6.45) is 4.74. The lowest BCUT2D eigenvalue weighted by atomic mass is 9.85. The molecule has 1 aromatic heterocycles. The van der Waals surface area contributed by atoms with Gasteiger partial charge >= 0.3 is 5.97 Å². The van der Waals surface area contributed by atoms with E-state index in [0.29, 0.717) is 18.7 Å². The van der Waals surface area contributed by atoms with E-state index >= 15 is 0 Å². The van der Waals surface area contributed by atoms with E-state index in [0.717, 1.165) is 16.3 Å². The lowest BCUT2D eigenvalue weighted by Gasteiger charge is -2.21. The molecule has 9 heteroatoms. The monoisotopic (exact) mass is 478 g/mol. The van der Waals surface area contributed by atoms with Crippen molar-refractivity contribution in [2.24, 2.45) is 11.8 Å². The quantitative estimate of drug-likeness (QED) is 0.388. The van der Waals surface area contributed by atoms with Crippen molar-refractivity contribution in [2.75, 3.05) is 11.9 Å². The summed E-state index contributed by atoms with van der Waals surface area (Å²) in [6.45, 7) is 6.95. The first-order valence-corrected chi connectivity index (χ1v) is 11.7. The van der Waals surface area contributed by atoms with Crippen LogP contribution in [0.4, 0.5) is 5.82 Å². The van der Waals surface area contributed by atoms with Gasteiger partial charge in [0.15, 0.2) is 6.61 Å². The largest absolute Gasteiger partial charge is 0.454 e. The fourth-order valence-electron chi connectivity index (χ4n) is 4.35. The summed E-state index contributed by atoms with van der Waals surface area (Å²) in [5, 5.41) is 7.39. The smallest absolute Gasteiger partial charge is 0.329 e. The van der Waals surface area contributed by atoms with Crippen LogP contribution in [0.2, 0.25) is 0 Å². The number of anilines is 1. The minimum Gasteiger partial charge on any atom is -0.454 e. The van der Waals surface area contributed by atoms with E-state index in [1.807, 2.05) is 63.3 Å². The Kier molecular flexibility index (Phi) is 6.60. The molecule has 2 aromatic rings. The Balaban J connectivity index is 1.41. The number of benzene rings is 1. The topological polar surface area (TPSA) is 111 Å². The summed E-state index contributed by atoms with van der Waals surface area (Å²) in [5.74, 6) is -2.50. The molecule has 1 N–H and O–H groups in total. The number of nitrogens with zero attached hydrogens (tertiary/aromatic N) is 3. The molecule has 3 atom stereocenters. The van der Waals surface area contributed by atoms with Gasteiger partial charge in [-0.25, -0.2) is 9.48 Å². The first-order chi connectivity index (χ1) is 16.6. The fourth-order valence-corrected chi connectivity index (χ4v) is 4.35. The molecule has 1 aliphatic heterocycles. The summed E-state index contributed by atoms with van der Waals surface area (Å²) in [6, 6.07) is 10.0. The van der Waals surface area contributed by atoms with Gasteiger partial charge in [-0.2, -0.15) is 5.10 Å². The molecule has 184 valence electrons. The second-order valence-corrected chi connectivity index (χ2v) is 9.95. The number of allylic oxidation sites excluding steroid dienone is 2. The number of likely N-dealkylation sites (tertiary alicyclic amines) is 1. The molecular formula is C26H30N4O5. The van der Waals surface area contributed by atoms with Gasteiger partial charge in [-0.3, -0.25) is 19.3 Å². The highest BCUT2D eigenvalue weighted by Gasteiger charge is 2.50. The van der Waals surface area contributed by atoms with Crippen LogP contribution in [0.5, 0.6) is 0 Å². The number of imide groups is 1. The van der Waals surface area contributed by atoms with Crippen molar-refractivity contribution < 1.29 is 23.9 Å². The first-order valence-electron chi connectivity index (χ1n) is 11.7. The third-order valence-corrected chi connectivity index (χ3v) is 6.36. The van der Waals surface area contributed by atoms with Crippen LogP contribution in [0.3, 0.4) is 0 Å². The number of fused-ring (bicyclic) bond motifs is 1. The van der Waals surface area contributed by atoms with Crippen LogP contribution >= 0.6 is 0 Å². The number of para-hydroxylation sites is 1. The molecule has 0 spiro atoms. The Hall–Kier alpha value is -3.75. The average molecular weight is 479 g/mol. The highest BCUT2D eigenvalue weighted by Crippen LogP contribution is 2.36. The zero-order valence-electron chi connectivity index (χ0n) is 20.4. The third-order valence-electron chi connectivity index (χ3n) is 6.36. The number of hydrogen-bond donors (Lipinski definition) is 1. The number of esters is 1. The zero-order chi connectivity index (χ0) is 25.3. The van der Waals surface area contributed by atoms with Crippen molar-refractivity contribution in [3.05, 3.63) is 54.2 Å². The number of carbonyl (C=O) groups excluding carboxylic acids is 4. The Morgan fingerprint density at radius 2 is 1.69 bits per heavy atom. The minimum atomic E-state index is -1.10. The summed E-state index contributed by atoms with van der Waals surface area (Å²) in [5.41, 5.74) is 1.30. The van der Waals surface area contributed by atoms with Crippen LogP contribution in [0.25, 0.3) is 5.69 Å². The standard InChI is InChI=1S/C26H30N4O5/c1-16(29-23(32)18-12-8-9-13-19(18)24(29)33)25(34)35-15-22(31)27-21-14-20(26(2,3)4)28-30(21)17-10-6-5-7-11-17/h5-11,14,16,18-19H,12-13,15H2,1-4H3,(H,27,31)/t16-,18?,19?/m0/s1. The molecule has 3 amide bonds. The summed E-state index contributed by atoms with van der Waals surface area (Å²) < 4.78 is 6.80. The number of carbonyl (C=O) groups is 4. The van der Waals surface area contributed by atoms with Crippen LogP contribution in [-0.2, 0) is 29.3 Å². The molecule has 2 unspecified atom stereocenters. The Morgan fingerprint density at radius 3 is 2.26 bits per heavy atom.